The Bertz CT molecular complexity index is 705. The van der Waals surface area contributed by atoms with Crippen molar-refractivity contribution in [2.24, 2.45) is 0 Å². The van der Waals surface area contributed by atoms with E-state index in [1.54, 1.807) is 0 Å². The quantitative estimate of drug-likeness (QED) is 0.603. The summed E-state index contributed by atoms with van der Waals surface area (Å²) in [6.45, 7) is 2.04. The average Bonchev–Trinajstić information content (AvgIpc) is 2.44. The maximum atomic E-state index is 6.44. The van der Waals surface area contributed by atoms with Gasteiger partial charge in [0.15, 0.2) is 0 Å². The molecule has 2 aromatic carbocycles. The van der Waals surface area contributed by atoms with Crippen molar-refractivity contribution in [1.82, 2.24) is 4.98 Å². The van der Waals surface area contributed by atoms with E-state index in [4.69, 9.17) is 11.6 Å². The van der Waals surface area contributed by atoms with E-state index >= 15 is 0 Å². The van der Waals surface area contributed by atoms with Crippen molar-refractivity contribution in [2.75, 3.05) is 0 Å². The van der Waals surface area contributed by atoms with Crippen molar-refractivity contribution in [3.8, 4) is 11.3 Å². The molecule has 3 aromatic rings. The van der Waals surface area contributed by atoms with Gasteiger partial charge in [0, 0.05) is 10.9 Å². The van der Waals surface area contributed by atoms with Gasteiger partial charge in [-0.2, -0.15) is 0 Å². The molecule has 0 fully saturated rings. The van der Waals surface area contributed by atoms with Crippen molar-refractivity contribution in [2.45, 2.75) is 6.92 Å². The first kappa shape index (κ1) is 11.2. The summed E-state index contributed by atoms with van der Waals surface area (Å²) >= 11 is 6.44. The fourth-order valence-electron chi connectivity index (χ4n) is 2.14. The van der Waals surface area contributed by atoms with Crippen LogP contribution in [0.4, 0.5) is 0 Å². The molecule has 0 aliphatic heterocycles. The topological polar surface area (TPSA) is 12.9 Å². The number of halogens is 1. The summed E-state index contributed by atoms with van der Waals surface area (Å²) in [7, 11) is 0. The van der Waals surface area contributed by atoms with Crippen LogP contribution >= 0.6 is 11.6 Å². The van der Waals surface area contributed by atoms with Crippen LogP contribution in [0.15, 0.2) is 54.6 Å². The van der Waals surface area contributed by atoms with E-state index < -0.39 is 0 Å². The molecular weight excluding hydrogens is 242 g/mol. The van der Waals surface area contributed by atoms with Crippen LogP contribution in [-0.4, -0.2) is 4.98 Å². The van der Waals surface area contributed by atoms with E-state index in [0.29, 0.717) is 0 Å². The van der Waals surface area contributed by atoms with Crippen LogP contribution in [0.1, 0.15) is 5.56 Å². The zero-order chi connectivity index (χ0) is 12.5. The Kier molecular flexibility index (Phi) is 2.77. The molecule has 1 heterocycles. The fraction of sp³-hybridized carbons (Fsp3) is 0.0625. The first-order chi connectivity index (χ1) is 8.77. The van der Waals surface area contributed by atoms with Gasteiger partial charge in [0.25, 0.3) is 0 Å². The van der Waals surface area contributed by atoms with Crippen LogP contribution in [-0.2, 0) is 0 Å². The minimum absolute atomic E-state index is 0.736. The number of benzene rings is 2. The zero-order valence-electron chi connectivity index (χ0n) is 10.0. The summed E-state index contributed by atoms with van der Waals surface area (Å²) in [5.74, 6) is 0. The van der Waals surface area contributed by atoms with Gasteiger partial charge in [-0.1, -0.05) is 60.1 Å². The SMILES string of the molecule is Cc1c(Cl)c(-c2ccccc2)nc2ccccc12. The number of nitrogens with zero attached hydrogens (tertiary/aromatic N) is 1. The number of pyridine rings is 1. The molecule has 0 radical (unpaired) electrons. The molecule has 0 unspecified atom stereocenters. The average molecular weight is 254 g/mol. The van der Waals surface area contributed by atoms with E-state index in [2.05, 4.69) is 11.1 Å². The van der Waals surface area contributed by atoms with Gasteiger partial charge in [0.1, 0.15) is 0 Å². The minimum atomic E-state index is 0.736. The molecule has 0 amide bonds. The van der Waals surface area contributed by atoms with Gasteiger partial charge in [0.05, 0.1) is 16.2 Å². The monoisotopic (exact) mass is 253 g/mol. The second kappa shape index (κ2) is 4.43. The summed E-state index contributed by atoms with van der Waals surface area (Å²) in [6.07, 6.45) is 0. The predicted octanol–water partition coefficient (Wildman–Crippen LogP) is 4.86. The van der Waals surface area contributed by atoms with Gasteiger partial charge < -0.3 is 0 Å². The number of fused-ring (bicyclic) bond motifs is 1. The number of aryl methyl sites for hydroxylation is 1. The van der Waals surface area contributed by atoms with E-state index in [9.17, 15) is 0 Å². The number of hydrogen-bond donors (Lipinski definition) is 0. The highest BCUT2D eigenvalue weighted by Gasteiger charge is 2.11. The van der Waals surface area contributed by atoms with Crippen molar-refractivity contribution < 1.29 is 0 Å². The molecule has 0 saturated heterocycles. The smallest absolute Gasteiger partial charge is 0.0898 e. The summed E-state index contributed by atoms with van der Waals surface area (Å²) in [4.78, 5) is 4.67. The van der Waals surface area contributed by atoms with Crippen LogP contribution in [0.25, 0.3) is 22.2 Å². The van der Waals surface area contributed by atoms with Gasteiger partial charge in [-0.25, -0.2) is 4.98 Å². The molecular formula is C16H12ClN. The lowest BCUT2D eigenvalue weighted by Gasteiger charge is -2.09. The Balaban J connectivity index is 2.34. The molecule has 0 aliphatic carbocycles. The molecule has 0 aliphatic rings. The summed E-state index contributed by atoms with van der Waals surface area (Å²) in [5.41, 5.74) is 3.98. The molecule has 18 heavy (non-hydrogen) atoms. The third-order valence-electron chi connectivity index (χ3n) is 3.12. The molecule has 0 saturated carbocycles. The van der Waals surface area contributed by atoms with Crippen molar-refractivity contribution >= 4 is 22.5 Å². The van der Waals surface area contributed by atoms with Crippen LogP contribution in [0.2, 0.25) is 5.02 Å². The summed E-state index contributed by atoms with van der Waals surface area (Å²) in [6, 6.07) is 18.1. The maximum Gasteiger partial charge on any atom is 0.0898 e. The number of aromatic nitrogens is 1. The standard InChI is InChI=1S/C16H12ClN/c1-11-13-9-5-6-10-14(13)18-16(15(11)17)12-7-3-2-4-8-12/h2-10H,1H3. The maximum absolute atomic E-state index is 6.44. The normalized spacial score (nSPS) is 10.8. The first-order valence-electron chi connectivity index (χ1n) is 5.87. The van der Waals surface area contributed by atoms with Crippen molar-refractivity contribution in [3.05, 3.63) is 65.2 Å². The Hall–Kier alpha value is -1.86. The lowest BCUT2D eigenvalue weighted by Crippen LogP contribution is -1.91. The van der Waals surface area contributed by atoms with Crippen LogP contribution in [0.5, 0.6) is 0 Å². The molecule has 1 nitrogen and oxygen atoms in total. The third-order valence-corrected chi connectivity index (χ3v) is 3.59. The van der Waals surface area contributed by atoms with E-state index in [0.717, 1.165) is 32.7 Å². The van der Waals surface area contributed by atoms with Crippen LogP contribution < -0.4 is 0 Å². The zero-order valence-corrected chi connectivity index (χ0v) is 10.8. The fourth-order valence-corrected chi connectivity index (χ4v) is 2.39. The second-order valence-electron chi connectivity index (χ2n) is 4.28. The van der Waals surface area contributed by atoms with E-state index in [1.807, 2.05) is 55.5 Å². The second-order valence-corrected chi connectivity index (χ2v) is 4.66. The first-order valence-corrected chi connectivity index (χ1v) is 6.25. The van der Waals surface area contributed by atoms with Gasteiger partial charge in [0.2, 0.25) is 0 Å². The molecule has 3 rings (SSSR count). The Labute approximate surface area is 111 Å². The third kappa shape index (κ3) is 1.77. The lowest BCUT2D eigenvalue weighted by atomic mass is 10.1. The number of hydrogen-bond acceptors (Lipinski definition) is 1. The van der Waals surface area contributed by atoms with Gasteiger partial charge in [-0.15, -0.1) is 0 Å². The highest BCUT2D eigenvalue weighted by molar-refractivity contribution is 6.34. The Morgan fingerprint density at radius 1 is 0.889 bits per heavy atom. The molecule has 0 bridgehead atoms. The van der Waals surface area contributed by atoms with Crippen LogP contribution in [0.3, 0.4) is 0 Å². The van der Waals surface area contributed by atoms with E-state index in [-0.39, 0.29) is 0 Å². The number of para-hydroxylation sites is 1. The Morgan fingerprint density at radius 3 is 2.33 bits per heavy atom. The van der Waals surface area contributed by atoms with Gasteiger partial charge in [-0.05, 0) is 18.6 Å². The molecule has 1 aromatic heterocycles. The van der Waals surface area contributed by atoms with Crippen LogP contribution in [0, 0.1) is 6.92 Å². The minimum Gasteiger partial charge on any atom is -0.246 e. The molecule has 88 valence electrons. The molecule has 0 atom stereocenters. The predicted molar refractivity (Wildman–Crippen MR) is 76.9 cm³/mol. The van der Waals surface area contributed by atoms with Crippen molar-refractivity contribution in [3.63, 3.8) is 0 Å². The van der Waals surface area contributed by atoms with E-state index in [1.165, 1.54) is 0 Å². The highest BCUT2D eigenvalue weighted by atomic mass is 35.5. The summed E-state index contributed by atoms with van der Waals surface area (Å²) < 4.78 is 0. The Morgan fingerprint density at radius 2 is 1.56 bits per heavy atom. The summed E-state index contributed by atoms with van der Waals surface area (Å²) in [5, 5.41) is 1.85. The molecule has 0 N–H and O–H groups in total. The van der Waals surface area contributed by atoms with Crippen molar-refractivity contribution in [1.29, 1.82) is 0 Å². The van der Waals surface area contributed by atoms with Gasteiger partial charge >= 0.3 is 0 Å². The molecule has 2 heteroatoms. The largest absolute Gasteiger partial charge is 0.246 e. The molecule has 0 spiro atoms. The van der Waals surface area contributed by atoms with Gasteiger partial charge in [-0.3, -0.25) is 0 Å². The highest BCUT2D eigenvalue weighted by Crippen LogP contribution is 2.32. The number of rotatable bonds is 1. The lowest BCUT2D eigenvalue weighted by molar-refractivity contribution is 1.36.